The molecule has 0 saturated carbocycles. The van der Waals surface area contributed by atoms with E-state index in [4.69, 9.17) is 0 Å². The quantitative estimate of drug-likeness (QED) is 0.687. The molecule has 72 valence electrons. The molecule has 1 aliphatic rings. The first-order valence-corrected chi connectivity index (χ1v) is 5.16. The molecule has 0 aromatic rings. The lowest BCUT2D eigenvalue weighted by molar-refractivity contribution is 0.222. The van der Waals surface area contributed by atoms with Crippen molar-refractivity contribution in [3.05, 3.63) is 0 Å². The Morgan fingerprint density at radius 2 is 2.25 bits per heavy atom. The van der Waals surface area contributed by atoms with Gasteiger partial charge in [-0.1, -0.05) is 13.8 Å². The molecule has 0 bridgehead atoms. The van der Waals surface area contributed by atoms with E-state index < -0.39 is 0 Å². The van der Waals surface area contributed by atoms with Crippen LogP contribution in [0.15, 0.2) is 0 Å². The van der Waals surface area contributed by atoms with Gasteiger partial charge in [0, 0.05) is 12.6 Å². The summed E-state index contributed by atoms with van der Waals surface area (Å²) in [6.07, 6.45) is 2.75. The van der Waals surface area contributed by atoms with E-state index in [1.807, 2.05) is 0 Å². The molecule has 1 fully saturated rings. The number of hydrogen-bond donors (Lipinski definition) is 1. The molecule has 0 radical (unpaired) electrons. The molecule has 1 rings (SSSR count). The van der Waals surface area contributed by atoms with Crippen LogP contribution in [0.25, 0.3) is 0 Å². The molecule has 2 unspecified atom stereocenters. The van der Waals surface area contributed by atoms with Crippen molar-refractivity contribution in [2.45, 2.75) is 32.7 Å². The summed E-state index contributed by atoms with van der Waals surface area (Å²) < 4.78 is 0. The maximum absolute atomic E-state index is 3.59. The second-order valence-electron chi connectivity index (χ2n) is 4.03. The summed E-state index contributed by atoms with van der Waals surface area (Å²) in [6.45, 7) is 8.16. The SMILES string of the molecule is CCN(C)CC1NCCCC1C. The zero-order valence-corrected chi connectivity index (χ0v) is 8.64. The van der Waals surface area contributed by atoms with Crippen LogP contribution in [-0.4, -0.2) is 37.6 Å². The Bertz CT molecular complexity index is 125. The highest BCUT2D eigenvalue weighted by Gasteiger charge is 2.20. The summed E-state index contributed by atoms with van der Waals surface area (Å²) in [5.74, 6) is 0.854. The van der Waals surface area contributed by atoms with Crippen LogP contribution in [0.1, 0.15) is 26.7 Å². The van der Waals surface area contributed by atoms with Crippen molar-refractivity contribution in [1.29, 1.82) is 0 Å². The van der Waals surface area contributed by atoms with Gasteiger partial charge in [-0.15, -0.1) is 0 Å². The van der Waals surface area contributed by atoms with Gasteiger partial charge in [-0.3, -0.25) is 0 Å². The van der Waals surface area contributed by atoms with Gasteiger partial charge in [0.15, 0.2) is 0 Å². The molecule has 2 heteroatoms. The minimum Gasteiger partial charge on any atom is -0.312 e. The molecular formula is C10H22N2. The van der Waals surface area contributed by atoms with Crippen LogP contribution in [0.2, 0.25) is 0 Å². The maximum Gasteiger partial charge on any atom is 0.0220 e. The fourth-order valence-electron chi connectivity index (χ4n) is 1.82. The lowest BCUT2D eigenvalue weighted by atomic mass is 9.92. The van der Waals surface area contributed by atoms with E-state index in [2.05, 4.69) is 31.1 Å². The number of nitrogens with one attached hydrogen (secondary N) is 1. The molecule has 2 nitrogen and oxygen atoms in total. The second-order valence-corrected chi connectivity index (χ2v) is 4.03. The maximum atomic E-state index is 3.59. The first-order chi connectivity index (χ1) is 5.74. The Kier molecular flexibility index (Phi) is 4.02. The van der Waals surface area contributed by atoms with Crippen LogP contribution in [-0.2, 0) is 0 Å². The normalized spacial score (nSPS) is 31.0. The molecule has 1 saturated heterocycles. The molecule has 0 aliphatic carbocycles. The second kappa shape index (κ2) is 4.83. The number of hydrogen-bond acceptors (Lipinski definition) is 2. The predicted octanol–water partition coefficient (Wildman–Crippen LogP) is 1.33. The van der Waals surface area contributed by atoms with Crippen molar-refractivity contribution < 1.29 is 0 Å². The number of piperidine rings is 1. The lowest BCUT2D eigenvalue weighted by Gasteiger charge is -2.32. The zero-order chi connectivity index (χ0) is 8.97. The van der Waals surface area contributed by atoms with Gasteiger partial charge >= 0.3 is 0 Å². The topological polar surface area (TPSA) is 15.3 Å². The van der Waals surface area contributed by atoms with Crippen molar-refractivity contribution in [2.24, 2.45) is 5.92 Å². The highest BCUT2D eigenvalue weighted by Crippen LogP contribution is 2.15. The molecule has 12 heavy (non-hydrogen) atoms. The zero-order valence-electron chi connectivity index (χ0n) is 8.64. The molecule has 1 heterocycles. The fraction of sp³-hybridized carbons (Fsp3) is 1.00. The van der Waals surface area contributed by atoms with E-state index in [1.54, 1.807) is 0 Å². The first kappa shape index (κ1) is 10.0. The van der Waals surface area contributed by atoms with Crippen molar-refractivity contribution >= 4 is 0 Å². The number of nitrogens with zero attached hydrogens (tertiary/aromatic N) is 1. The van der Waals surface area contributed by atoms with Gasteiger partial charge in [0.05, 0.1) is 0 Å². The average Bonchev–Trinajstić information content (AvgIpc) is 2.09. The van der Waals surface area contributed by atoms with Gasteiger partial charge in [0.2, 0.25) is 0 Å². The molecule has 1 aliphatic heterocycles. The Hall–Kier alpha value is -0.0800. The Morgan fingerprint density at radius 1 is 1.50 bits per heavy atom. The minimum absolute atomic E-state index is 0.726. The van der Waals surface area contributed by atoms with Gasteiger partial charge in [0.1, 0.15) is 0 Å². The van der Waals surface area contributed by atoms with E-state index in [1.165, 1.54) is 25.9 Å². The molecular weight excluding hydrogens is 148 g/mol. The summed E-state index contributed by atoms with van der Waals surface area (Å²) in [4.78, 5) is 2.39. The molecule has 1 N–H and O–H groups in total. The monoisotopic (exact) mass is 170 g/mol. The van der Waals surface area contributed by atoms with Crippen molar-refractivity contribution in [3.8, 4) is 0 Å². The molecule has 0 aromatic heterocycles. The molecule has 0 aromatic carbocycles. The van der Waals surface area contributed by atoms with Crippen molar-refractivity contribution in [1.82, 2.24) is 10.2 Å². The van der Waals surface area contributed by atoms with Gasteiger partial charge in [0.25, 0.3) is 0 Å². The number of likely N-dealkylation sites (N-methyl/N-ethyl adjacent to an activating group) is 1. The molecule has 2 atom stereocenters. The summed E-state index contributed by atoms with van der Waals surface area (Å²) in [5, 5.41) is 3.59. The third kappa shape index (κ3) is 2.76. The van der Waals surface area contributed by atoms with Crippen LogP contribution >= 0.6 is 0 Å². The van der Waals surface area contributed by atoms with Crippen LogP contribution in [0.3, 0.4) is 0 Å². The van der Waals surface area contributed by atoms with Crippen molar-refractivity contribution in [2.75, 3.05) is 26.7 Å². The number of rotatable bonds is 3. The third-order valence-electron chi connectivity index (χ3n) is 2.98. The largest absolute Gasteiger partial charge is 0.312 e. The van der Waals surface area contributed by atoms with Crippen LogP contribution in [0.4, 0.5) is 0 Å². The van der Waals surface area contributed by atoms with Gasteiger partial charge in [-0.25, -0.2) is 0 Å². The van der Waals surface area contributed by atoms with Gasteiger partial charge in [-0.2, -0.15) is 0 Å². The average molecular weight is 170 g/mol. The van der Waals surface area contributed by atoms with Crippen molar-refractivity contribution in [3.63, 3.8) is 0 Å². The lowest BCUT2D eigenvalue weighted by Crippen LogP contribution is -2.46. The van der Waals surface area contributed by atoms with E-state index in [0.29, 0.717) is 0 Å². The van der Waals surface area contributed by atoms with E-state index in [-0.39, 0.29) is 0 Å². The van der Waals surface area contributed by atoms with E-state index in [9.17, 15) is 0 Å². The van der Waals surface area contributed by atoms with Gasteiger partial charge in [-0.05, 0) is 38.9 Å². The van der Waals surface area contributed by atoms with Crippen LogP contribution in [0, 0.1) is 5.92 Å². The van der Waals surface area contributed by atoms with Crippen LogP contribution < -0.4 is 5.32 Å². The fourth-order valence-corrected chi connectivity index (χ4v) is 1.82. The third-order valence-corrected chi connectivity index (χ3v) is 2.98. The molecule has 0 spiro atoms. The summed E-state index contributed by atoms with van der Waals surface area (Å²) in [6, 6.07) is 0.726. The summed E-state index contributed by atoms with van der Waals surface area (Å²) in [5.41, 5.74) is 0. The summed E-state index contributed by atoms with van der Waals surface area (Å²) in [7, 11) is 2.20. The highest BCUT2D eigenvalue weighted by molar-refractivity contribution is 4.80. The van der Waals surface area contributed by atoms with Crippen LogP contribution in [0.5, 0.6) is 0 Å². The Balaban J connectivity index is 2.28. The van der Waals surface area contributed by atoms with E-state index >= 15 is 0 Å². The summed E-state index contributed by atoms with van der Waals surface area (Å²) >= 11 is 0. The molecule has 0 amide bonds. The highest BCUT2D eigenvalue weighted by atomic mass is 15.1. The van der Waals surface area contributed by atoms with Gasteiger partial charge < -0.3 is 10.2 Å². The smallest absolute Gasteiger partial charge is 0.0220 e. The predicted molar refractivity (Wildman–Crippen MR) is 53.4 cm³/mol. The Labute approximate surface area is 76.3 Å². The van der Waals surface area contributed by atoms with E-state index in [0.717, 1.165) is 18.5 Å². The Morgan fingerprint density at radius 3 is 2.83 bits per heavy atom. The first-order valence-electron chi connectivity index (χ1n) is 5.16. The standard InChI is InChI=1S/C10H22N2/c1-4-12(3)8-10-9(2)6-5-7-11-10/h9-11H,4-8H2,1-3H3. The minimum atomic E-state index is 0.726.